The van der Waals surface area contributed by atoms with Crippen LogP contribution >= 0.6 is 0 Å². The number of aliphatic hydroxyl groups excluding tert-OH is 1. The van der Waals surface area contributed by atoms with E-state index in [2.05, 4.69) is 0 Å². The van der Waals surface area contributed by atoms with Crippen molar-refractivity contribution in [2.45, 2.75) is 81.4 Å². The lowest BCUT2D eigenvalue weighted by atomic mass is 9.72. The molecule has 20 nitrogen and oxygen atoms in total. The monoisotopic (exact) mass is 847 g/mol. The van der Waals surface area contributed by atoms with Gasteiger partial charge in [0.2, 0.25) is 17.6 Å². The summed E-state index contributed by atoms with van der Waals surface area (Å²) in [5, 5.41) is 45.1. The number of amides is 4. The number of carbonyl (C=O) groups is 7. The van der Waals surface area contributed by atoms with E-state index in [0.29, 0.717) is 6.54 Å². The number of ketones is 3. The predicted octanol–water partition coefficient (Wildman–Crippen LogP) is -0.661. The average Bonchev–Trinajstić information content (AvgIpc) is 3.87. The van der Waals surface area contributed by atoms with Gasteiger partial charge in [-0.3, -0.25) is 48.3 Å². The van der Waals surface area contributed by atoms with Gasteiger partial charge in [-0.1, -0.05) is 12.1 Å². The molecule has 0 radical (unpaired) electrons. The van der Waals surface area contributed by atoms with Crippen LogP contribution in [0, 0.1) is 5.92 Å². The number of fused-ring (bicyclic) bond motifs is 6. The molecule has 9 rings (SSSR count). The molecule has 7 aliphatic rings. The van der Waals surface area contributed by atoms with Crippen molar-refractivity contribution in [3.8, 4) is 17.2 Å². The van der Waals surface area contributed by atoms with Gasteiger partial charge >= 0.3 is 0 Å². The Kier molecular flexibility index (Phi) is 10.2. The minimum atomic E-state index is -2.32. The number of likely N-dealkylation sites (tertiary alicyclic amines) is 1. The maximum atomic E-state index is 14.0. The molecule has 0 bridgehead atoms. The summed E-state index contributed by atoms with van der Waals surface area (Å²) in [7, 11) is 1.31. The number of nitrogens with zero attached hydrogens (tertiary/aromatic N) is 3. The number of benzene rings is 2. The van der Waals surface area contributed by atoms with Gasteiger partial charge in [0.15, 0.2) is 30.4 Å². The molecule has 61 heavy (non-hydrogen) atoms. The molecule has 322 valence electrons. The minimum absolute atomic E-state index is 0.0675. The van der Waals surface area contributed by atoms with Crippen molar-refractivity contribution >= 4 is 41.0 Å². The van der Waals surface area contributed by atoms with Crippen LogP contribution in [0.1, 0.15) is 75.3 Å². The quantitative estimate of drug-likeness (QED) is 0.146. The number of hydrogen-bond donors (Lipinski definition) is 4. The summed E-state index contributed by atoms with van der Waals surface area (Å²) >= 11 is 0. The van der Waals surface area contributed by atoms with Crippen LogP contribution < -0.4 is 4.74 Å². The van der Waals surface area contributed by atoms with E-state index in [1.807, 2.05) is 4.90 Å². The van der Waals surface area contributed by atoms with Crippen molar-refractivity contribution in [1.29, 1.82) is 0 Å². The number of phenolic OH excluding ortho intramolecular Hbond substituents is 2. The lowest BCUT2D eigenvalue weighted by Gasteiger charge is -2.43. The zero-order chi connectivity index (χ0) is 43.2. The standard InChI is InChI=1S/C41H41N3O17/c1-17-37-21(42-8-9-57-40(39(42)61-37)58-15-18-10-27(49)44(38(18)54)16-43-25(47)6-7-26(43)48)11-28(59-17)60-23-13-41(55,24(46)14-45)12-20-30(23)36(53)32-31(34(20)51)33(50)19-4-3-5-22(56-2)29(19)35(32)52/h3-7,17-18,21,23,28,37,39-40,45,51,53,55H,8-16H2,1-2H3/t17-,18?,21-,23-,28-,37+,39+,40?,41-/m0/s1. The van der Waals surface area contributed by atoms with Crippen molar-refractivity contribution in [3.05, 3.63) is 63.7 Å². The van der Waals surface area contributed by atoms with Crippen LogP contribution in [-0.2, 0) is 54.1 Å². The first kappa shape index (κ1) is 40.9. The van der Waals surface area contributed by atoms with Gasteiger partial charge in [0, 0.05) is 67.1 Å². The molecule has 2 unspecified atom stereocenters. The van der Waals surface area contributed by atoms with Crippen molar-refractivity contribution in [1.82, 2.24) is 14.7 Å². The molecule has 9 atom stereocenters. The number of imide groups is 2. The van der Waals surface area contributed by atoms with Crippen molar-refractivity contribution < 1.29 is 82.4 Å². The third-order valence-electron chi connectivity index (χ3n) is 12.6. The first-order chi connectivity index (χ1) is 29.1. The van der Waals surface area contributed by atoms with Crippen LogP contribution in [0.25, 0.3) is 0 Å². The van der Waals surface area contributed by atoms with Gasteiger partial charge in [0.05, 0.1) is 55.1 Å². The summed E-state index contributed by atoms with van der Waals surface area (Å²) in [6, 6.07) is 3.95. The van der Waals surface area contributed by atoms with Crippen LogP contribution in [0.4, 0.5) is 0 Å². The van der Waals surface area contributed by atoms with Crippen LogP contribution in [0.3, 0.4) is 0 Å². The van der Waals surface area contributed by atoms with Crippen LogP contribution in [0.15, 0.2) is 30.4 Å². The van der Waals surface area contributed by atoms with Gasteiger partial charge < -0.3 is 48.8 Å². The Morgan fingerprint density at radius 2 is 1.70 bits per heavy atom. The van der Waals surface area contributed by atoms with E-state index in [0.717, 1.165) is 22.0 Å². The molecule has 2 aromatic carbocycles. The molecule has 2 aliphatic carbocycles. The SMILES string of the molecule is COc1cccc2c1C(=O)c1c(O)c3c(c(O)c1C2=O)C[C@@](O)(C(=O)CO)C[C@@H]3O[C@H]1C[C@H]2[C@H](O[C@@H]3C(OCC4CC(=O)N(CN5C(=O)C=CC5=O)C4=O)OCCN32)[C@H](C)O1. The zero-order valence-corrected chi connectivity index (χ0v) is 32.8. The predicted molar refractivity (Wildman–Crippen MR) is 198 cm³/mol. The first-order valence-electron chi connectivity index (χ1n) is 19.7. The maximum absolute atomic E-state index is 14.0. The highest BCUT2D eigenvalue weighted by atomic mass is 16.7. The Morgan fingerprint density at radius 3 is 2.43 bits per heavy atom. The fourth-order valence-corrected chi connectivity index (χ4v) is 9.59. The minimum Gasteiger partial charge on any atom is -0.507 e. The molecule has 0 saturated carbocycles. The molecule has 4 fully saturated rings. The lowest BCUT2D eigenvalue weighted by molar-refractivity contribution is -0.263. The number of rotatable bonds is 10. The molecule has 5 heterocycles. The molecular weight excluding hydrogens is 806 g/mol. The molecule has 20 heteroatoms. The third kappa shape index (κ3) is 6.47. The second-order valence-electron chi connectivity index (χ2n) is 16.0. The van der Waals surface area contributed by atoms with Gasteiger partial charge in [0.1, 0.15) is 42.2 Å². The number of carbonyl (C=O) groups excluding carboxylic acids is 7. The van der Waals surface area contributed by atoms with Crippen molar-refractivity contribution in [3.63, 3.8) is 0 Å². The highest BCUT2D eigenvalue weighted by Gasteiger charge is 2.56. The van der Waals surface area contributed by atoms with Gasteiger partial charge in [-0.15, -0.1) is 0 Å². The molecule has 0 spiro atoms. The number of Topliss-reactive ketones (excluding diaryl/α,β-unsaturated/α-hetero) is 1. The second kappa shape index (κ2) is 15.2. The fraction of sp³-hybridized carbons (Fsp3) is 0.488. The first-order valence-corrected chi connectivity index (χ1v) is 19.7. The van der Waals surface area contributed by atoms with E-state index in [4.69, 9.17) is 28.4 Å². The zero-order valence-electron chi connectivity index (χ0n) is 32.8. The number of methoxy groups -OCH3 is 1. The molecular formula is C41H41N3O17. The molecule has 0 aromatic heterocycles. The van der Waals surface area contributed by atoms with Crippen LogP contribution in [0.5, 0.6) is 17.2 Å². The topological polar surface area (TPSA) is 266 Å². The largest absolute Gasteiger partial charge is 0.507 e. The number of phenols is 2. The van der Waals surface area contributed by atoms with Gasteiger partial charge in [-0.2, -0.15) is 0 Å². The third-order valence-corrected chi connectivity index (χ3v) is 12.6. The summed E-state index contributed by atoms with van der Waals surface area (Å²) in [5.41, 5.74) is -3.90. The molecule has 5 aliphatic heterocycles. The Labute approximate surface area is 346 Å². The van der Waals surface area contributed by atoms with Crippen molar-refractivity contribution in [2.75, 3.05) is 40.1 Å². The Balaban J connectivity index is 0.944. The van der Waals surface area contributed by atoms with Crippen molar-refractivity contribution in [2.24, 2.45) is 5.92 Å². The fourth-order valence-electron chi connectivity index (χ4n) is 9.59. The van der Waals surface area contributed by atoms with E-state index >= 15 is 0 Å². The number of ether oxygens (including phenoxy) is 6. The molecule has 2 aromatic rings. The summed E-state index contributed by atoms with van der Waals surface area (Å²) in [6.45, 7) is 0.509. The highest BCUT2D eigenvalue weighted by Crippen LogP contribution is 2.53. The maximum Gasteiger partial charge on any atom is 0.255 e. The number of hydrogen-bond acceptors (Lipinski definition) is 18. The summed E-state index contributed by atoms with van der Waals surface area (Å²) in [6.07, 6.45) is -4.62. The van der Waals surface area contributed by atoms with Crippen LogP contribution in [-0.4, -0.2) is 159 Å². The Hall–Kier alpha value is -5.45. The number of aliphatic hydroxyl groups is 2. The average molecular weight is 848 g/mol. The normalized spacial score (nSPS) is 31.9. The highest BCUT2D eigenvalue weighted by molar-refractivity contribution is 6.31. The van der Waals surface area contributed by atoms with Gasteiger partial charge in [-0.05, 0) is 13.0 Å². The number of aromatic hydroxyl groups is 2. The smallest absolute Gasteiger partial charge is 0.255 e. The van der Waals surface area contributed by atoms with Gasteiger partial charge in [-0.25, -0.2) is 0 Å². The Morgan fingerprint density at radius 1 is 0.967 bits per heavy atom. The second-order valence-corrected chi connectivity index (χ2v) is 16.0. The summed E-state index contributed by atoms with van der Waals surface area (Å²) in [4.78, 5) is 94.6. The summed E-state index contributed by atoms with van der Waals surface area (Å²) in [5.74, 6) is -7.31. The van der Waals surface area contributed by atoms with Crippen LogP contribution in [0.2, 0.25) is 0 Å². The van der Waals surface area contributed by atoms with E-state index in [9.17, 15) is 54.0 Å². The lowest BCUT2D eigenvalue weighted by Crippen LogP contribution is -2.55. The van der Waals surface area contributed by atoms with Gasteiger partial charge in [0.25, 0.3) is 11.8 Å². The number of morpholine rings is 1. The molecule has 4 amide bonds. The van der Waals surface area contributed by atoms with E-state index < -0.39 is 144 Å². The summed E-state index contributed by atoms with van der Waals surface area (Å²) < 4.78 is 36.5. The van der Waals surface area contributed by atoms with E-state index in [-0.39, 0.29) is 54.1 Å². The molecule has 4 N–H and O–H groups in total. The van der Waals surface area contributed by atoms with E-state index in [1.54, 1.807) is 6.92 Å². The van der Waals surface area contributed by atoms with E-state index in [1.165, 1.54) is 25.3 Å². The molecule has 4 saturated heterocycles. The Bertz CT molecular complexity index is 2310.